The maximum atomic E-state index is 6.19. The molecule has 0 radical (unpaired) electrons. The summed E-state index contributed by atoms with van der Waals surface area (Å²) in [6.45, 7) is 4.45. The number of aryl methyl sites for hydroxylation is 1. The van der Waals surface area contributed by atoms with Gasteiger partial charge in [-0.2, -0.15) is 10.1 Å². The van der Waals surface area contributed by atoms with Crippen LogP contribution < -0.4 is 5.73 Å². The van der Waals surface area contributed by atoms with Gasteiger partial charge in [-0.15, -0.1) is 0 Å². The van der Waals surface area contributed by atoms with Crippen molar-refractivity contribution in [3.63, 3.8) is 0 Å². The van der Waals surface area contributed by atoms with Crippen LogP contribution in [0.25, 0.3) is 23.0 Å². The Bertz CT molecular complexity index is 1060. The summed E-state index contributed by atoms with van der Waals surface area (Å²) in [5, 5.41) is 16.1. The number of rotatable bonds is 4. The van der Waals surface area contributed by atoms with E-state index in [1.807, 2.05) is 42.8 Å². The molecule has 9 nitrogen and oxygen atoms in total. The molecule has 0 spiro atoms. The Balaban J connectivity index is 1.56. The largest absolute Gasteiger partial charge is 0.379 e. The Kier molecular flexibility index (Phi) is 3.92. The highest BCUT2D eigenvalue weighted by atomic mass is 35.5. The first-order chi connectivity index (χ1) is 12.5. The number of nitrogens with two attached hydrogens (primary N) is 1. The summed E-state index contributed by atoms with van der Waals surface area (Å²) in [6, 6.07) is 7.72. The van der Waals surface area contributed by atoms with E-state index in [9.17, 15) is 0 Å². The molecule has 0 saturated heterocycles. The quantitative estimate of drug-likeness (QED) is 0.581. The summed E-state index contributed by atoms with van der Waals surface area (Å²) in [5.41, 5.74) is 9.48. The Hall–Kier alpha value is -3.20. The highest BCUT2D eigenvalue weighted by Crippen LogP contribution is 2.24. The normalized spacial score (nSPS) is 11.2. The van der Waals surface area contributed by atoms with Crippen LogP contribution in [0, 0.1) is 13.8 Å². The van der Waals surface area contributed by atoms with Crippen molar-refractivity contribution in [1.29, 1.82) is 0 Å². The second kappa shape index (κ2) is 6.26. The summed E-state index contributed by atoms with van der Waals surface area (Å²) in [7, 11) is 0. The van der Waals surface area contributed by atoms with Gasteiger partial charge in [-0.3, -0.25) is 4.68 Å². The predicted octanol–water partition coefficient (Wildman–Crippen LogP) is 2.88. The SMILES string of the molecule is Cc1nn(Cc2ccc(-c3nc(-c4nonc4N)no3)cc2)c(C)c1Cl. The Morgan fingerprint density at radius 1 is 1.12 bits per heavy atom. The van der Waals surface area contributed by atoms with Gasteiger partial charge in [0.25, 0.3) is 5.89 Å². The first kappa shape index (κ1) is 16.3. The average molecular weight is 372 g/mol. The molecule has 26 heavy (non-hydrogen) atoms. The molecule has 0 saturated carbocycles. The van der Waals surface area contributed by atoms with Gasteiger partial charge in [0.2, 0.25) is 5.82 Å². The lowest BCUT2D eigenvalue weighted by molar-refractivity contribution is 0.310. The fourth-order valence-corrected chi connectivity index (χ4v) is 2.68. The van der Waals surface area contributed by atoms with Gasteiger partial charge < -0.3 is 10.3 Å². The van der Waals surface area contributed by atoms with Crippen LogP contribution in [-0.2, 0) is 6.54 Å². The molecule has 2 N–H and O–H groups in total. The molecule has 132 valence electrons. The van der Waals surface area contributed by atoms with Crippen molar-refractivity contribution in [3.8, 4) is 23.0 Å². The lowest BCUT2D eigenvalue weighted by atomic mass is 10.1. The van der Waals surface area contributed by atoms with E-state index in [0.29, 0.717) is 17.5 Å². The molecule has 0 aliphatic rings. The topological polar surface area (TPSA) is 122 Å². The molecular formula is C16H14ClN7O2. The van der Waals surface area contributed by atoms with E-state index in [2.05, 4.69) is 30.2 Å². The van der Waals surface area contributed by atoms with Crippen LogP contribution in [0.15, 0.2) is 33.4 Å². The van der Waals surface area contributed by atoms with Crippen LogP contribution in [0.3, 0.4) is 0 Å². The van der Waals surface area contributed by atoms with Crippen molar-refractivity contribution in [1.82, 2.24) is 30.2 Å². The number of aromatic nitrogens is 6. The summed E-state index contributed by atoms with van der Waals surface area (Å²) >= 11 is 6.19. The first-order valence-electron chi connectivity index (χ1n) is 7.74. The number of hydrogen-bond acceptors (Lipinski definition) is 8. The number of hydrogen-bond donors (Lipinski definition) is 1. The van der Waals surface area contributed by atoms with E-state index < -0.39 is 0 Å². The smallest absolute Gasteiger partial charge is 0.258 e. The number of halogens is 1. The molecule has 4 rings (SSSR count). The molecule has 10 heteroatoms. The second-order valence-electron chi connectivity index (χ2n) is 5.76. The molecule has 1 aromatic carbocycles. The van der Waals surface area contributed by atoms with Crippen LogP contribution in [0.2, 0.25) is 5.02 Å². The van der Waals surface area contributed by atoms with E-state index in [1.165, 1.54) is 0 Å². The lowest BCUT2D eigenvalue weighted by Crippen LogP contribution is -2.03. The highest BCUT2D eigenvalue weighted by molar-refractivity contribution is 6.31. The fraction of sp³-hybridized carbons (Fsp3) is 0.188. The molecule has 0 fully saturated rings. The summed E-state index contributed by atoms with van der Waals surface area (Å²) in [6.07, 6.45) is 0. The van der Waals surface area contributed by atoms with Crippen molar-refractivity contribution in [2.75, 3.05) is 5.73 Å². The third-order valence-electron chi connectivity index (χ3n) is 3.98. The lowest BCUT2D eigenvalue weighted by Gasteiger charge is -2.05. The average Bonchev–Trinajstić information content (AvgIpc) is 3.33. The third kappa shape index (κ3) is 2.82. The van der Waals surface area contributed by atoms with Crippen molar-refractivity contribution < 1.29 is 9.15 Å². The van der Waals surface area contributed by atoms with Crippen LogP contribution in [0.4, 0.5) is 5.82 Å². The number of benzene rings is 1. The third-order valence-corrected chi connectivity index (χ3v) is 4.53. The molecule has 4 aromatic rings. The van der Waals surface area contributed by atoms with Crippen molar-refractivity contribution in [2.24, 2.45) is 0 Å². The zero-order valence-electron chi connectivity index (χ0n) is 14.0. The van der Waals surface area contributed by atoms with Gasteiger partial charge in [0.1, 0.15) is 0 Å². The zero-order valence-corrected chi connectivity index (χ0v) is 14.7. The van der Waals surface area contributed by atoms with Gasteiger partial charge >= 0.3 is 0 Å². The monoisotopic (exact) mass is 371 g/mol. The Labute approximate surface area is 152 Å². The molecule has 3 aromatic heterocycles. The minimum absolute atomic E-state index is 0.108. The summed E-state index contributed by atoms with van der Waals surface area (Å²) in [5.74, 6) is 0.680. The van der Waals surface area contributed by atoms with Crippen molar-refractivity contribution in [2.45, 2.75) is 20.4 Å². The van der Waals surface area contributed by atoms with Crippen LogP contribution in [0.1, 0.15) is 17.0 Å². The molecule has 0 amide bonds. The maximum Gasteiger partial charge on any atom is 0.258 e. The van der Waals surface area contributed by atoms with Crippen LogP contribution in [-0.4, -0.2) is 30.2 Å². The van der Waals surface area contributed by atoms with E-state index in [4.69, 9.17) is 21.9 Å². The molecule has 0 atom stereocenters. The van der Waals surface area contributed by atoms with Crippen LogP contribution >= 0.6 is 11.6 Å². The number of nitrogen functional groups attached to an aromatic ring is 1. The van der Waals surface area contributed by atoms with E-state index >= 15 is 0 Å². The standard InChI is InChI=1S/C16H14ClN7O2/c1-8-12(17)9(2)24(20-8)7-10-3-5-11(6-4-10)16-19-15(23-25-16)13-14(18)22-26-21-13/h3-6H,7H2,1-2H3,(H2,18,22). The summed E-state index contributed by atoms with van der Waals surface area (Å²) in [4.78, 5) is 4.27. The second-order valence-corrected chi connectivity index (χ2v) is 6.14. The van der Waals surface area contributed by atoms with Crippen molar-refractivity contribution in [3.05, 3.63) is 46.2 Å². The maximum absolute atomic E-state index is 6.19. The van der Waals surface area contributed by atoms with E-state index in [0.717, 1.165) is 22.5 Å². The van der Waals surface area contributed by atoms with E-state index in [-0.39, 0.29) is 17.3 Å². The molecule has 0 unspecified atom stereocenters. The molecule has 0 bridgehead atoms. The highest BCUT2D eigenvalue weighted by Gasteiger charge is 2.17. The van der Waals surface area contributed by atoms with Gasteiger partial charge in [-0.1, -0.05) is 28.9 Å². The van der Waals surface area contributed by atoms with Gasteiger partial charge in [0.15, 0.2) is 11.5 Å². The Morgan fingerprint density at radius 2 is 1.88 bits per heavy atom. The number of anilines is 1. The number of nitrogens with zero attached hydrogens (tertiary/aromatic N) is 6. The van der Waals surface area contributed by atoms with Gasteiger partial charge in [-0.25, -0.2) is 4.63 Å². The molecule has 0 aliphatic carbocycles. The van der Waals surface area contributed by atoms with Gasteiger partial charge in [0, 0.05) is 5.56 Å². The summed E-state index contributed by atoms with van der Waals surface area (Å²) < 4.78 is 11.7. The minimum Gasteiger partial charge on any atom is -0.379 e. The first-order valence-corrected chi connectivity index (χ1v) is 8.11. The van der Waals surface area contributed by atoms with Crippen molar-refractivity contribution >= 4 is 17.4 Å². The van der Waals surface area contributed by atoms with E-state index in [1.54, 1.807) is 0 Å². The van der Waals surface area contributed by atoms with Gasteiger partial charge in [0.05, 0.1) is 23.0 Å². The molecular weight excluding hydrogens is 358 g/mol. The van der Waals surface area contributed by atoms with Crippen LogP contribution in [0.5, 0.6) is 0 Å². The zero-order chi connectivity index (χ0) is 18.3. The molecule has 0 aliphatic heterocycles. The fourth-order valence-electron chi connectivity index (χ4n) is 2.54. The molecule has 3 heterocycles. The van der Waals surface area contributed by atoms with Gasteiger partial charge in [-0.05, 0) is 41.9 Å². The predicted molar refractivity (Wildman–Crippen MR) is 93.3 cm³/mol. The Morgan fingerprint density at radius 3 is 2.50 bits per heavy atom. The minimum atomic E-state index is 0.108.